The Morgan fingerprint density at radius 3 is 0.963 bits per heavy atom. The summed E-state index contributed by atoms with van der Waals surface area (Å²) in [6.45, 7) is 4.88. The first kappa shape index (κ1) is 79.0. The second kappa shape index (κ2) is 62.5. The number of allylic oxidation sites excluding steroid dienone is 3. The van der Waals surface area contributed by atoms with Gasteiger partial charge in [0.05, 0.1) is 39.9 Å². The van der Waals surface area contributed by atoms with E-state index in [0.717, 1.165) is 32.1 Å². The molecule has 0 aliphatic carbocycles. The summed E-state index contributed by atoms with van der Waals surface area (Å²) < 4.78 is 23.8. The number of nitrogens with zero attached hydrogens (tertiary/aromatic N) is 1. The number of aliphatic hydroxyl groups is 1. The first-order chi connectivity index (χ1) is 39.0. The molecule has 0 aliphatic rings. The lowest BCUT2D eigenvalue weighted by molar-refractivity contribution is -0.870. The van der Waals surface area contributed by atoms with Crippen molar-refractivity contribution in [1.82, 2.24) is 5.32 Å². The van der Waals surface area contributed by atoms with Crippen molar-refractivity contribution >= 4 is 13.7 Å². The SMILES string of the molecule is CCCCCCCCCC/C=C\CCCCCCCCCCCCCCCCCCCCCCCCCCCC(=O)NC(COP(=O)(O)OCC[N+](C)(C)C)C(O)/C=C/CCCCCCCCCCCCCCCCCCCCC. The van der Waals surface area contributed by atoms with Gasteiger partial charge in [0.25, 0.3) is 0 Å². The molecular formula is C71H142N2O6P+. The second-order valence-corrected chi connectivity index (χ2v) is 27.4. The summed E-state index contributed by atoms with van der Waals surface area (Å²) in [7, 11) is 1.59. The molecule has 0 bridgehead atoms. The van der Waals surface area contributed by atoms with Gasteiger partial charge in [0.2, 0.25) is 5.91 Å². The van der Waals surface area contributed by atoms with Gasteiger partial charge in [-0.15, -0.1) is 0 Å². The number of hydrogen-bond acceptors (Lipinski definition) is 5. The van der Waals surface area contributed by atoms with E-state index in [0.29, 0.717) is 17.4 Å². The normalized spacial score (nSPS) is 13.7. The molecule has 0 heterocycles. The van der Waals surface area contributed by atoms with Crippen molar-refractivity contribution < 1.29 is 32.9 Å². The number of likely N-dealkylation sites (N-methyl/N-ethyl adjacent to an activating group) is 1. The van der Waals surface area contributed by atoms with Gasteiger partial charge in [-0.05, 0) is 44.9 Å². The van der Waals surface area contributed by atoms with E-state index in [2.05, 4.69) is 31.3 Å². The van der Waals surface area contributed by atoms with E-state index < -0.39 is 20.0 Å². The molecule has 0 aliphatic heterocycles. The van der Waals surface area contributed by atoms with E-state index in [9.17, 15) is 19.4 Å². The van der Waals surface area contributed by atoms with Crippen LogP contribution in [0.5, 0.6) is 0 Å². The van der Waals surface area contributed by atoms with E-state index in [-0.39, 0.29) is 19.1 Å². The largest absolute Gasteiger partial charge is 0.472 e. The third-order valence-electron chi connectivity index (χ3n) is 16.7. The molecule has 0 radical (unpaired) electrons. The molecule has 9 heteroatoms. The molecule has 3 unspecified atom stereocenters. The Labute approximate surface area is 500 Å². The number of unbranched alkanes of at least 4 members (excludes halogenated alkanes) is 52. The number of carbonyl (C=O) groups excluding carboxylic acids is 1. The quantitative estimate of drug-likeness (QED) is 0.0243. The maximum absolute atomic E-state index is 13.0. The van der Waals surface area contributed by atoms with Crippen LogP contribution >= 0.6 is 7.82 Å². The summed E-state index contributed by atoms with van der Waals surface area (Å²) in [6, 6.07) is -0.844. The molecular weight excluding hydrogens is 1010 g/mol. The molecule has 0 fully saturated rings. The minimum Gasteiger partial charge on any atom is -0.387 e. The van der Waals surface area contributed by atoms with Crippen LogP contribution in [0.2, 0.25) is 0 Å². The Hall–Kier alpha value is -1.02. The first-order valence-corrected chi connectivity index (χ1v) is 37.2. The Bertz CT molecular complexity index is 1350. The molecule has 3 N–H and O–H groups in total. The fourth-order valence-corrected chi connectivity index (χ4v) is 11.8. The minimum atomic E-state index is -4.35. The molecule has 0 aromatic carbocycles. The molecule has 476 valence electrons. The summed E-state index contributed by atoms with van der Waals surface area (Å²) in [5.41, 5.74) is 0. The summed E-state index contributed by atoms with van der Waals surface area (Å²) in [6.07, 6.45) is 82.0. The maximum atomic E-state index is 13.0. The van der Waals surface area contributed by atoms with Gasteiger partial charge < -0.3 is 19.8 Å². The van der Waals surface area contributed by atoms with Crippen LogP contribution in [0.15, 0.2) is 24.3 Å². The van der Waals surface area contributed by atoms with Gasteiger partial charge >= 0.3 is 7.82 Å². The Morgan fingerprint density at radius 2 is 0.675 bits per heavy atom. The zero-order valence-electron chi connectivity index (χ0n) is 54.6. The molecule has 80 heavy (non-hydrogen) atoms. The summed E-state index contributed by atoms with van der Waals surface area (Å²) in [5.74, 6) is -0.168. The Kier molecular flexibility index (Phi) is 61.7. The number of hydrogen-bond donors (Lipinski definition) is 3. The minimum absolute atomic E-state index is 0.0647. The third-order valence-corrected chi connectivity index (χ3v) is 17.6. The van der Waals surface area contributed by atoms with Crippen molar-refractivity contribution in [2.24, 2.45) is 0 Å². The third kappa shape index (κ3) is 64.5. The monoisotopic (exact) mass is 1150 g/mol. The maximum Gasteiger partial charge on any atom is 0.472 e. The highest BCUT2D eigenvalue weighted by molar-refractivity contribution is 7.47. The second-order valence-electron chi connectivity index (χ2n) is 26.0. The molecule has 0 saturated carbocycles. The zero-order valence-corrected chi connectivity index (χ0v) is 55.5. The predicted octanol–water partition coefficient (Wildman–Crippen LogP) is 22.7. The smallest absolute Gasteiger partial charge is 0.387 e. The number of rotatable bonds is 67. The van der Waals surface area contributed by atoms with Crippen LogP contribution in [0.1, 0.15) is 373 Å². The number of nitrogens with one attached hydrogen (secondary N) is 1. The van der Waals surface area contributed by atoms with Gasteiger partial charge in [0.1, 0.15) is 13.2 Å². The summed E-state index contributed by atoms with van der Waals surface area (Å²) in [4.78, 5) is 23.4. The average Bonchev–Trinajstić information content (AvgIpc) is 3.42. The van der Waals surface area contributed by atoms with Crippen molar-refractivity contribution in [3.63, 3.8) is 0 Å². The van der Waals surface area contributed by atoms with Crippen LogP contribution in [-0.2, 0) is 18.4 Å². The van der Waals surface area contributed by atoms with Crippen LogP contribution in [0, 0.1) is 0 Å². The summed E-state index contributed by atoms with van der Waals surface area (Å²) >= 11 is 0. The number of aliphatic hydroxyl groups excluding tert-OH is 1. The van der Waals surface area contributed by atoms with Crippen LogP contribution in [0.25, 0.3) is 0 Å². The van der Waals surface area contributed by atoms with Gasteiger partial charge in [0.15, 0.2) is 0 Å². The number of phosphoric acid groups is 1. The summed E-state index contributed by atoms with van der Waals surface area (Å²) in [5, 5.41) is 14.0. The molecule has 0 aromatic rings. The Morgan fingerprint density at radius 1 is 0.412 bits per heavy atom. The molecule has 0 rings (SSSR count). The molecule has 0 spiro atoms. The van der Waals surface area contributed by atoms with E-state index in [1.807, 2.05) is 27.2 Å². The van der Waals surface area contributed by atoms with Gasteiger partial charge in [-0.2, -0.15) is 0 Å². The highest BCUT2D eigenvalue weighted by Crippen LogP contribution is 2.43. The number of phosphoric ester groups is 1. The van der Waals surface area contributed by atoms with E-state index in [1.54, 1.807) is 6.08 Å². The van der Waals surface area contributed by atoms with E-state index >= 15 is 0 Å². The number of quaternary nitrogens is 1. The lowest BCUT2D eigenvalue weighted by Crippen LogP contribution is -2.45. The van der Waals surface area contributed by atoms with Crippen molar-refractivity contribution in [2.75, 3.05) is 40.9 Å². The molecule has 3 atom stereocenters. The highest BCUT2D eigenvalue weighted by atomic mass is 31.2. The molecule has 0 aromatic heterocycles. The van der Waals surface area contributed by atoms with Crippen molar-refractivity contribution in [3.05, 3.63) is 24.3 Å². The fraction of sp³-hybridized carbons (Fsp3) is 0.930. The topological polar surface area (TPSA) is 105 Å². The fourth-order valence-electron chi connectivity index (χ4n) is 11.1. The molecule has 8 nitrogen and oxygen atoms in total. The van der Waals surface area contributed by atoms with Crippen molar-refractivity contribution in [3.8, 4) is 0 Å². The van der Waals surface area contributed by atoms with Gasteiger partial charge in [-0.25, -0.2) is 4.57 Å². The lowest BCUT2D eigenvalue weighted by atomic mass is 10.0. The standard InChI is InChI=1S/C71H141N2O6P/c1-6-8-10-12-14-16-18-20-22-24-26-28-29-30-31-32-33-34-35-36-37-38-39-40-41-42-43-45-47-49-51-53-55-57-59-61-63-65-71(75)72-69(68-79-80(76,77)78-67-66-73(3,4)5)70(74)64-62-60-58-56-54-52-50-48-46-44-27-25-23-21-19-17-15-13-11-9-7-2/h24,26,62,64,69-70,74H,6-23,25,27-61,63,65-68H2,1-5H3,(H-,72,75,76,77)/p+1/b26-24-,64-62+. The van der Waals surface area contributed by atoms with Crippen LogP contribution in [-0.4, -0.2) is 73.4 Å². The molecule has 1 amide bonds. The van der Waals surface area contributed by atoms with E-state index in [1.165, 1.54) is 321 Å². The Balaban J connectivity index is 3.94. The van der Waals surface area contributed by atoms with Crippen molar-refractivity contribution in [1.29, 1.82) is 0 Å². The van der Waals surface area contributed by atoms with Crippen molar-refractivity contribution in [2.45, 2.75) is 386 Å². The predicted molar refractivity (Wildman–Crippen MR) is 351 cm³/mol. The van der Waals surface area contributed by atoms with Gasteiger partial charge in [-0.3, -0.25) is 13.8 Å². The molecule has 0 saturated heterocycles. The lowest BCUT2D eigenvalue weighted by Gasteiger charge is -2.25. The van der Waals surface area contributed by atoms with Gasteiger partial charge in [0, 0.05) is 6.42 Å². The number of amides is 1. The van der Waals surface area contributed by atoms with Crippen LogP contribution < -0.4 is 5.32 Å². The van der Waals surface area contributed by atoms with Gasteiger partial charge in [-0.1, -0.05) is 346 Å². The highest BCUT2D eigenvalue weighted by Gasteiger charge is 2.28. The van der Waals surface area contributed by atoms with Crippen LogP contribution in [0.3, 0.4) is 0 Å². The number of carbonyl (C=O) groups is 1. The van der Waals surface area contributed by atoms with E-state index in [4.69, 9.17) is 9.05 Å². The average molecular weight is 1150 g/mol. The zero-order chi connectivity index (χ0) is 58.4. The first-order valence-electron chi connectivity index (χ1n) is 35.7. The van der Waals surface area contributed by atoms with Crippen LogP contribution in [0.4, 0.5) is 0 Å².